The van der Waals surface area contributed by atoms with Gasteiger partial charge in [0.25, 0.3) is 0 Å². The van der Waals surface area contributed by atoms with Gasteiger partial charge in [-0.1, -0.05) is 326 Å². The van der Waals surface area contributed by atoms with Gasteiger partial charge >= 0.3 is 5.97 Å². The van der Waals surface area contributed by atoms with E-state index in [9.17, 15) is 19.8 Å². The largest absolute Gasteiger partial charge is 0.466 e. The summed E-state index contributed by atoms with van der Waals surface area (Å²) in [4.78, 5) is 24.6. The van der Waals surface area contributed by atoms with E-state index in [1.165, 1.54) is 289 Å². The minimum atomic E-state index is -0.843. The predicted octanol–water partition coefficient (Wildman–Crippen LogP) is 21.5. The van der Waals surface area contributed by atoms with Gasteiger partial charge in [0.1, 0.15) is 0 Å². The normalized spacial score (nSPS) is 12.7. The molecule has 2 atom stereocenters. The van der Waals surface area contributed by atoms with Crippen molar-refractivity contribution in [3.8, 4) is 0 Å². The van der Waals surface area contributed by atoms with Crippen molar-refractivity contribution >= 4 is 11.9 Å². The molecule has 442 valence electrons. The second kappa shape index (κ2) is 64.6. The van der Waals surface area contributed by atoms with E-state index in [1.54, 1.807) is 6.08 Å². The molecule has 0 saturated carbocycles. The first-order valence-corrected chi connectivity index (χ1v) is 33.8. The maximum atomic E-state index is 12.5. The molecule has 3 N–H and O–H groups in total. The highest BCUT2D eigenvalue weighted by atomic mass is 16.5. The van der Waals surface area contributed by atoms with E-state index in [4.69, 9.17) is 4.74 Å². The van der Waals surface area contributed by atoms with Crippen LogP contribution in [-0.2, 0) is 14.3 Å². The van der Waals surface area contributed by atoms with Gasteiger partial charge in [-0.3, -0.25) is 9.59 Å². The van der Waals surface area contributed by atoms with Gasteiger partial charge in [0.15, 0.2) is 0 Å². The van der Waals surface area contributed by atoms with E-state index in [-0.39, 0.29) is 18.5 Å². The SMILES string of the molecule is CCCCC/C=C\C/C=C\CCCCCCCCCC(=O)OCCCCCCCCCCCCCCCCCCCCCCCCCCCC(=O)NC(CO)C(O)/C=C/CCCCCCCCCCCCCCCC. The highest BCUT2D eigenvalue weighted by Gasteiger charge is 2.18. The lowest BCUT2D eigenvalue weighted by Crippen LogP contribution is -2.45. The van der Waals surface area contributed by atoms with Gasteiger partial charge in [-0.2, -0.15) is 0 Å². The number of allylic oxidation sites excluding steroid dienone is 5. The van der Waals surface area contributed by atoms with Crippen molar-refractivity contribution in [2.24, 2.45) is 0 Å². The number of ether oxygens (including phenoxy) is 1. The molecule has 0 bridgehead atoms. The van der Waals surface area contributed by atoms with Crippen LogP contribution < -0.4 is 5.32 Å². The van der Waals surface area contributed by atoms with Crippen LogP contribution >= 0.6 is 0 Å². The number of nitrogens with one attached hydrogen (secondary N) is 1. The van der Waals surface area contributed by atoms with Crippen molar-refractivity contribution < 1.29 is 24.5 Å². The molecule has 0 aromatic rings. The van der Waals surface area contributed by atoms with Crippen LogP contribution in [0.15, 0.2) is 36.5 Å². The number of hydrogen-bond donors (Lipinski definition) is 3. The highest BCUT2D eigenvalue weighted by molar-refractivity contribution is 5.76. The monoisotopic (exact) mass is 1050 g/mol. The fourth-order valence-corrected chi connectivity index (χ4v) is 10.5. The van der Waals surface area contributed by atoms with E-state index in [1.807, 2.05) is 6.08 Å². The van der Waals surface area contributed by atoms with Gasteiger partial charge in [-0.15, -0.1) is 0 Å². The topological polar surface area (TPSA) is 95.9 Å². The average molecular weight is 1050 g/mol. The van der Waals surface area contributed by atoms with E-state index >= 15 is 0 Å². The van der Waals surface area contributed by atoms with Crippen molar-refractivity contribution in [3.05, 3.63) is 36.5 Å². The molecule has 0 aliphatic rings. The lowest BCUT2D eigenvalue weighted by Gasteiger charge is -2.20. The van der Waals surface area contributed by atoms with Gasteiger partial charge in [0.2, 0.25) is 5.91 Å². The third-order valence-corrected chi connectivity index (χ3v) is 15.7. The third kappa shape index (κ3) is 61.2. The summed E-state index contributed by atoms with van der Waals surface area (Å²) in [5.41, 5.74) is 0. The van der Waals surface area contributed by atoms with Gasteiger partial charge < -0.3 is 20.3 Å². The van der Waals surface area contributed by atoms with Gasteiger partial charge in [0.05, 0.1) is 25.4 Å². The number of carbonyl (C=O) groups is 2. The van der Waals surface area contributed by atoms with E-state index in [0.29, 0.717) is 19.4 Å². The first-order valence-electron chi connectivity index (χ1n) is 33.8. The van der Waals surface area contributed by atoms with Gasteiger partial charge in [-0.05, 0) is 64.2 Å². The van der Waals surface area contributed by atoms with Crippen molar-refractivity contribution in [1.29, 1.82) is 0 Å². The van der Waals surface area contributed by atoms with Crippen LogP contribution in [0.4, 0.5) is 0 Å². The Hall–Kier alpha value is -1.92. The van der Waals surface area contributed by atoms with Crippen LogP contribution in [0, 0.1) is 0 Å². The minimum Gasteiger partial charge on any atom is -0.466 e. The second-order valence-corrected chi connectivity index (χ2v) is 23.2. The Balaban J connectivity index is 3.37. The maximum absolute atomic E-state index is 12.5. The van der Waals surface area contributed by atoms with Crippen LogP contribution in [0.25, 0.3) is 0 Å². The molecule has 0 radical (unpaired) electrons. The first-order chi connectivity index (χ1) is 37.0. The summed E-state index contributed by atoms with van der Waals surface area (Å²) >= 11 is 0. The number of esters is 1. The molecule has 0 spiro atoms. The molecule has 6 nitrogen and oxygen atoms in total. The Bertz CT molecular complexity index is 1210. The van der Waals surface area contributed by atoms with Crippen molar-refractivity contribution in [2.45, 2.75) is 379 Å². The molecule has 1 amide bonds. The Morgan fingerprint density at radius 3 is 1.04 bits per heavy atom. The van der Waals surface area contributed by atoms with Crippen LogP contribution in [0.3, 0.4) is 0 Å². The molecule has 0 aromatic heterocycles. The molecule has 0 saturated heterocycles. The number of rotatable bonds is 63. The molecule has 75 heavy (non-hydrogen) atoms. The first kappa shape index (κ1) is 73.1. The van der Waals surface area contributed by atoms with E-state index in [0.717, 1.165) is 51.4 Å². The van der Waals surface area contributed by atoms with Gasteiger partial charge in [-0.25, -0.2) is 0 Å². The van der Waals surface area contributed by atoms with Crippen LogP contribution in [-0.4, -0.2) is 47.4 Å². The van der Waals surface area contributed by atoms with Crippen LogP contribution in [0.2, 0.25) is 0 Å². The number of amides is 1. The Morgan fingerprint density at radius 1 is 0.373 bits per heavy atom. The molecule has 0 aliphatic heterocycles. The molecular formula is C69H131NO5. The standard InChI is InChI=1S/C69H131NO5/c1-3-5-7-9-11-13-15-17-19-30-35-39-43-47-51-55-59-63-69(74)75-64-60-56-52-48-44-40-36-32-29-27-25-23-21-22-24-26-28-31-34-38-42-46-50-54-58-62-68(73)70-66(65-71)67(72)61-57-53-49-45-41-37-33-20-18-16-14-12-10-8-6-4-2/h11,13,17,19,57,61,66-67,71-72H,3-10,12,14-16,18,20-56,58-60,62-65H2,1-2H3,(H,70,73)/b13-11-,19-17-,61-57+. The lowest BCUT2D eigenvalue weighted by molar-refractivity contribution is -0.143. The molecule has 0 fully saturated rings. The molecular weight excluding hydrogens is 923 g/mol. The molecule has 6 heteroatoms. The van der Waals surface area contributed by atoms with Crippen molar-refractivity contribution in [3.63, 3.8) is 0 Å². The van der Waals surface area contributed by atoms with Crippen molar-refractivity contribution in [1.82, 2.24) is 5.32 Å². The Labute approximate surface area is 468 Å². The number of unbranched alkanes of at least 4 members (excludes halogenated alkanes) is 48. The summed E-state index contributed by atoms with van der Waals surface area (Å²) in [6.45, 7) is 4.90. The predicted molar refractivity (Wildman–Crippen MR) is 329 cm³/mol. The summed E-state index contributed by atoms with van der Waals surface area (Å²) in [7, 11) is 0. The molecule has 0 heterocycles. The van der Waals surface area contributed by atoms with E-state index in [2.05, 4.69) is 43.5 Å². The van der Waals surface area contributed by atoms with Crippen LogP contribution in [0.1, 0.15) is 367 Å². The van der Waals surface area contributed by atoms with Crippen LogP contribution in [0.5, 0.6) is 0 Å². The lowest BCUT2D eigenvalue weighted by atomic mass is 10.0. The fourth-order valence-electron chi connectivity index (χ4n) is 10.5. The third-order valence-electron chi connectivity index (χ3n) is 15.7. The molecule has 0 aliphatic carbocycles. The summed E-state index contributed by atoms with van der Waals surface area (Å²) in [5.74, 6) is -0.0557. The van der Waals surface area contributed by atoms with Crippen molar-refractivity contribution in [2.75, 3.05) is 13.2 Å². The number of aliphatic hydroxyl groups excluding tert-OH is 2. The Morgan fingerprint density at radius 2 is 0.667 bits per heavy atom. The van der Waals surface area contributed by atoms with E-state index < -0.39 is 12.1 Å². The Kier molecular flexibility index (Phi) is 63.0. The summed E-state index contributed by atoms with van der Waals surface area (Å²) in [5, 5.41) is 23.2. The molecule has 2 unspecified atom stereocenters. The summed E-state index contributed by atoms with van der Waals surface area (Å²) in [6.07, 6.45) is 82.0. The second-order valence-electron chi connectivity index (χ2n) is 23.2. The summed E-state index contributed by atoms with van der Waals surface area (Å²) in [6, 6.07) is -0.627. The quantitative estimate of drug-likeness (QED) is 0.0320. The highest BCUT2D eigenvalue weighted by Crippen LogP contribution is 2.18. The zero-order valence-electron chi connectivity index (χ0n) is 50.5. The smallest absolute Gasteiger partial charge is 0.305 e. The molecule has 0 aromatic carbocycles. The zero-order valence-corrected chi connectivity index (χ0v) is 50.5. The average Bonchev–Trinajstić information content (AvgIpc) is 3.41. The number of hydrogen-bond acceptors (Lipinski definition) is 5. The number of carbonyl (C=O) groups excluding carboxylic acids is 2. The zero-order chi connectivity index (χ0) is 54.3. The number of aliphatic hydroxyl groups is 2. The molecule has 0 rings (SSSR count). The maximum Gasteiger partial charge on any atom is 0.305 e. The fraction of sp³-hybridized carbons (Fsp3) is 0.884. The summed E-state index contributed by atoms with van der Waals surface area (Å²) < 4.78 is 5.50. The van der Waals surface area contributed by atoms with Gasteiger partial charge in [0, 0.05) is 12.8 Å². The minimum absolute atomic E-state index is 0.00848.